The molecule has 2 aliphatic heterocycles. The highest BCUT2D eigenvalue weighted by atomic mass is 35.5. The molecule has 0 aromatic heterocycles. The van der Waals surface area contributed by atoms with E-state index in [1.165, 1.54) is 12.0 Å². The highest BCUT2D eigenvalue weighted by molar-refractivity contribution is 6.34. The lowest BCUT2D eigenvalue weighted by atomic mass is 9.97. The Balaban J connectivity index is 1.62. The number of carbonyl (C=O) groups is 1. The fraction of sp³-hybridized carbons (Fsp3) is 0.417. The number of hydrazone groups is 1. The molecule has 2 heterocycles. The molecule has 0 saturated carbocycles. The van der Waals surface area contributed by atoms with Gasteiger partial charge in [-0.3, -0.25) is 9.69 Å². The molecule has 5 heteroatoms. The molecule has 0 radical (unpaired) electrons. The highest BCUT2D eigenvalue weighted by Crippen LogP contribution is 2.34. The fourth-order valence-corrected chi connectivity index (χ4v) is 4.53. The number of amides is 1. The summed E-state index contributed by atoms with van der Waals surface area (Å²) in [4.78, 5) is 15.6. The van der Waals surface area contributed by atoms with Gasteiger partial charge in [0.25, 0.3) is 5.91 Å². The van der Waals surface area contributed by atoms with Crippen LogP contribution in [-0.4, -0.2) is 40.7 Å². The van der Waals surface area contributed by atoms with Crippen LogP contribution in [0.25, 0.3) is 0 Å². The van der Waals surface area contributed by atoms with Gasteiger partial charge in [0.1, 0.15) is 0 Å². The van der Waals surface area contributed by atoms with Crippen molar-refractivity contribution in [2.45, 2.75) is 51.6 Å². The van der Waals surface area contributed by atoms with E-state index < -0.39 is 0 Å². The van der Waals surface area contributed by atoms with Crippen molar-refractivity contribution in [2.75, 3.05) is 13.1 Å². The Morgan fingerprint density at radius 3 is 2.62 bits per heavy atom. The number of piperidine rings is 1. The van der Waals surface area contributed by atoms with Crippen LogP contribution in [0.1, 0.15) is 55.3 Å². The SMILES string of the molecule is Cc1ccc([C@@H]2CC(c3ccccc3Cl)=NN2C(=O)CN2CCCC[C@@H]2C)cc1. The van der Waals surface area contributed by atoms with Crippen LogP contribution in [0, 0.1) is 6.92 Å². The average molecular weight is 410 g/mol. The van der Waals surface area contributed by atoms with Crippen molar-refractivity contribution < 1.29 is 4.79 Å². The first kappa shape index (κ1) is 20.1. The van der Waals surface area contributed by atoms with Gasteiger partial charge in [-0.15, -0.1) is 0 Å². The van der Waals surface area contributed by atoms with Crippen LogP contribution < -0.4 is 0 Å². The molecule has 0 spiro atoms. The molecule has 4 rings (SSSR count). The lowest BCUT2D eigenvalue weighted by Gasteiger charge is -2.34. The van der Waals surface area contributed by atoms with Gasteiger partial charge in [-0.05, 0) is 44.9 Å². The summed E-state index contributed by atoms with van der Waals surface area (Å²) >= 11 is 6.43. The molecule has 0 aliphatic carbocycles. The van der Waals surface area contributed by atoms with Gasteiger partial charge in [0.2, 0.25) is 0 Å². The molecular formula is C24H28ClN3O. The van der Waals surface area contributed by atoms with Crippen LogP contribution >= 0.6 is 11.6 Å². The number of hydrogen-bond acceptors (Lipinski definition) is 3. The van der Waals surface area contributed by atoms with Gasteiger partial charge in [-0.25, -0.2) is 5.01 Å². The Hall–Kier alpha value is -2.17. The average Bonchev–Trinajstić information content (AvgIpc) is 3.16. The van der Waals surface area contributed by atoms with Gasteiger partial charge in [0.05, 0.1) is 18.3 Å². The third-order valence-corrected chi connectivity index (χ3v) is 6.42. The maximum Gasteiger partial charge on any atom is 0.257 e. The van der Waals surface area contributed by atoms with Crippen molar-refractivity contribution in [2.24, 2.45) is 5.10 Å². The van der Waals surface area contributed by atoms with Gasteiger partial charge < -0.3 is 0 Å². The van der Waals surface area contributed by atoms with Crippen LogP contribution in [0.5, 0.6) is 0 Å². The zero-order chi connectivity index (χ0) is 20.4. The van der Waals surface area contributed by atoms with Crippen LogP contribution in [0.2, 0.25) is 5.02 Å². The van der Waals surface area contributed by atoms with Gasteiger partial charge >= 0.3 is 0 Å². The van der Waals surface area contributed by atoms with Crippen molar-refractivity contribution >= 4 is 23.2 Å². The zero-order valence-corrected chi connectivity index (χ0v) is 17.9. The predicted molar refractivity (Wildman–Crippen MR) is 118 cm³/mol. The van der Waals surface area contributed by atoms with E-state index in [9.17, 15) is 4.79 Å². The smallest absolute Gasteiger partial charge is 0.257 e. The largest absolute Gasteiger partial charge is 0.292 e. The zero-order valence-electron chi connectivity index (χ0n) is 17.1. The number of likely N-dealkylation sites (tertiary alicyclic amines) is 1. The molecule has 0 unspecified atom stereocenters. The van der Waals surface area contributed by atoms with Crippen molar-refractivity contribution in [1.82, 2.24) is 9.91 Å². The predicted octanol–water partition coefficient (Wildman–Crippen LogP) is 5.20. The van der Waals surface area contributed by atoms with Crippen molar-refractivity contribution in [3.8, 4) is 0 Å². The minimum atomic E-state index is -0.0885. The van der Waals surface area contributed by atoms with Crippen molar-refractivity contribution in [1.29, 1.82) is 0 Å². The molecule has 0 N–H and O–H groups in total. The topological polar surface area (TPSA) is 35.9 Å². The third kappa shape index (κ3) is 4.39. The molecule has 4 nitrogen and oxygen atoms in total. The van der Waals surface area contributed by atoms with E-state index in [-0.39, 0.29) is 11.9 Å². The molecule has 1 fully saturated rings. The number of aryl methyl sites for hydroxylation is 1. The number of nitrogens with zero attached hydrogens (tertiary/aromatic N) is 3. The number of rotatable bonds is 4. The van der Waals surface area contributed by atoms with Gasteiger partial charge in [-0.1, -0.05) is 66.0 Å². The summed E-state index contributed by atoms with van der Waals surface area (Å²) in [6, 6.07) is 16.5. The molecule has 152 valence electrons. The summed E-state index contributed by atoms with van der Waals surface area (Å²) in [5, 5.41) is 7.15. The van der Waals surface area contributed by atoms with Crippen molar-refractivity contribution in [3.05, 3.63) is 70.2 Å². The first-order valence-electron chi connectivity index (χ1n) is 10.5. The second-order valence-electron chi connectivity index (χ2n) is 8.21. The summed E-state index contributed by atoms with van der Waals surface area (Å²) in [6.45, 7) is 5.69. The quantitative estimate of drug-likeness (QED) is 0.695. The van der Waals surface area contributed by atoms with E-state index in [0.717, 1.165) is 36.2 Å². The van der Waals surface area contributed by atoms with Crippen LogP contribution in [0.4, 0.5) is 0 Å². The van der Waals surface area contributed by atoms with Gasteiger partial charge in [0.15, 0.2) is 0 Å². The molecule has 0 bridgehead atoms. The molecular weight excluding hydrogens is 382 g/mol. The van der Waals surface area contributed by atoms with E-state index in [4.69, 9.17) is 16.7 Å². The summed E-state index contributed by atoms with van der Waals surface area (Å²) in [6.07, 6.45) is 4.24. The number of hydrogen-bond donors (Lipinski definition) is 0. The summed E-state index contributed by atoms with van der Waals surface area (Å²) in [5.74, 6) is 0.0615. The van der Waals surface area contributed by atoms with Crippen molar-refractivity contribution in [3.63, 3.8) is 0 Å². The minimum Gasteiger partial charge on any atom is -0.292 e. The van der Waals surface area contributed by atoms with Crippen LogP contribution in [0.3, 0.4) is 0 Å². The van der Waals surface area contributed by atoms with Crippen LogP contribution in [0.15, 0.2) is 53.6 Å². The fourth-order valence-electron chi connectivity index (χ4n) is 4.29. The Morgan fingerprint density at radius 1 is 1.14 bits per heavy atom. The minimum absolute atomic E-state index is 0.0615. The standard InChI is InChI=1S/C24H28ClN3O/c1-17-10-12-19(13-11-17)23-15-22(20-8-3-4-9-21(20)25)26-28(23)24(29)16-27-14-6-5-7-18(27)2/h3-4,8-13,18,23H,5-7,14-16H2,1-2H3/t18-,23-/m0/s1. The maximum atomic E-state index is 13.3. The Labute approximate surface area is 178 Å². The first-order chi connectivity index (χ1) is 14.0. The van der Waals surface area contributed by atoms with E-state index in [1.807, 2.05) is 24.3 Å². The Kier molecular flexibility index (Phi) is 6.02. The van der Waals surface area contributed by atoms with E-state index in [1.54, 1.807) is 5.01 Å². The maximum absolute atomic E-state index is 13.3. The third-order valence-electron chi connectivity index (χ3n) is 6.09. The van der Waals surface area contributed by atoms with E-state index >= 15 is 0 Å². The molecule has 2 aromatic rings. The number of benzene rings is 2. The summed E-state index contributed by atoms with van der Waals surface area (Å²) in [7, 11) is 0. The molecule has 2 aromatic carbocycles. The normalized spacial score (nSPS) is 22.6. The Bertz CT molecular complexity index is 909. The second kappa shape index (κ2) is 8.68. The highest BCUT2D eigenvalue weighted by Gasteiger charge is 2.35. The summed E-state index contributed by atoms with van der Waals surface area (Å²) < 4.78 is 0. The van der Waals surface area contributed by atoms with E-state index in [2.05, 4.69) is 43.0 Å². The molecule has 2 aliphatic rings. The molecule has 1 amide bonds. The van der Waals surface area contributed by atoms with Gasteiger partial charge in [0, 0.05) is 23.0 Å². The second-order valence-corrected chi connectivity index (χ2v) is 8.62. The molecule has 1 saturated heterocycles. The van der Waals surface area contributed by atoms with Crippen LogP contribution in [-0.2, 0) is 4.79 Å². The monoisotopic (exact) mass is 409 g/mol. The molecule has 2 atom stereocenters. The summed E-state index contributed by atoms with van der Waals surface area (Å²) in [5.41, 5.74) is 4.11. The lowest BCUT2D eigenvalue weighted by Crippen LogP contribution is -2.44. The Morgan fingerprint density at radius 2 is 1.90 bits per heavy atom. The van der Waals surface area contributed by atoms with E-state index in [0.29, 0.717) is 24.0 Å². The first-order valence-corrected chi connectivity index (χ1v) is 10.9. The number of carbonyl (C=O) groups excluding carboxylic acids is 1. The van der Waals surface area contributed by atoms with Gasteiger partial charge in [-0.2, -0.15) is 5.10 Å². The number of halogens is 1. The lowest BCUT2D eigenvalue weighted by molar-refractivity contribution is -0.135. The molecule has 29 heavy (non-hydrogen) atoms.